The van der Waals surface area contributed by atoms with Gasteiger partial charge in [0.05, 0.1) is 12.1 Å². The summed E-state index contributed by atoms with van der Waals surface area (Å²) in [7, 11) is -2.48. The van der Waals surface area contributed by atoms with E-state index in [0.717, 1.165) is 4.31 Å². The highest BCUT2D eigenvalue weighted by molar-refractivity contribution is 9.11. The van der Waals surface area contributed by atoms with E-state index in [1.54, 1.807) is 18.2 Å². The molecule has 0 saturated carbocycles. The molecule has 2 N–H and O–H groups in total. The summed E-state index contributed by atoms with van der Waals surface area (Å²) < 4.78 is 28.5. The number of aliphatic carboxylic acids is 1. The smallest absolute Gasteiger partial charge is 0.304 e. The molecule has 0 fully saturated rings. The SMILES string of the molecule is CN(CCC(=O)O)S(=O)(=O)Nc1c(Br)cccc1Br. The summed E-state index contributed by atoms with van der Waals surface area (Å²) in [5, 5.41) is 8.55. The predicted molar refractivity (Wildman–Crippen MR) is 79.3 cm³/mol. The van der Waals surface area contributed by atoms with E-state index in [2.05, 4.69) is 36.6 Å². The molecular weight excluding hydrogens is 404 g/mol. The van der Waals surface area contributed by atoms with Crippen LogP contribution in [0.25, 0.3) is 0 Å². The number of carboxylic acid groups (broad SMARTS) is 1. The quantitative estimate of drug-likeness (QED) is 0.746. The van der Waals surface area contributed by atoms with Gasteiger partial charge in [0.15, 0.2) is 0 Å². The number of hydrogen-bond donors (Lipinski definition) is 2. The third kappa shape index (κ3) is 4.75. The monoisotopic (exact) mass is 414 g/mol. The van der Waals surface area contributed by atoms with Crippen molar-refractivity contribution in [3.05, 3.63) is 27.1 Å². The van der Waals surface area contributed by atoms with E-state index < -0.39 is 16.2 Å². The number of anilines is 1. The van der Waals surface area contributed by atoms with Gasteiger partial charge in [-0.1, -0.05) is 6.07 Å². The van der Waals surface area contributed by atoms with Crippen LogP contribution in [0.4, 0.5) is 5.69 Å². The Morgan fingerprint density at radius 3 is 2.37 bits per heavy atom. The molecule has 0 atom stereocenters. The van der Waals surface area contributed by atoms with Crippen molar-refractivity contribution >= 4 is 53.7 Å². The summed E-state index contributed by atoms with van der Waals surface area (Å²) in [6.07, 6.45) is -0.255. The molecule has 1 aromatic carbocycles. The zero-order chi connectivity index (χ0) is 14.6. The number of halogens is 2. The van der Waals surface area contributed by atoms with Crippen molar-refractivity contribution in [3.63, 3.8) is 0 Å². The lowest BCUT2D eigenvalue weighted by Gasteiger charge is -2.18. The fraction of sp³-hybridized carbons (Fsp3) is 0.300. The summed E-state index contributed by atoms with van der Waals surface area (Å²) in [4.78, 5) is 10.4. The van der Waals surface area contributed by atoms with Gasteiger partial charge in [-0.2, -0.15) is 12.7 Å². The predicted octanol–water partition coefficient (Wildman–Crippen LogP) is 2.27. The first-order valence-electron chi connectivity index (χ1n) is 5.14. The normalized spacial score (nSPS) is 11.6. The van der Waals surface area contributed by atoms with Gasteiger partial charge in [-0.25, -0.2) is 0 Å². The van der Waals surface area contributed by atoms with E-state index in [0.29, 0.717) is 14.6 Å². The largest absolute Gasteiger partial charge is 0.481 e. The Morgan fingerprint density at radius 2 is 1.89 bits per heavy atom. The molecule has 0 aromatic heterocycles. The van der Waals surface area contributed by atoms with Crippen molar-refractivity contribution in [1.29, 1.82) is 0 Å². The Morgan fingerprint density at radius 1 is 1.37 bits per heavy atom. The van der Waals surface area contributed by atoms with E-state index in [9.17, 15) is 13.2 Å². The van der Waals surface area contributed by atoms with Crippen molar-refractivity contribution in [1.82, 2.24) is 4.31 Å². The molecular formula is C10H12Br2N2O4S. The highest BCUT2D eigenvalue weighted by Crippen LogP contribution is 2.31. The number of nitrogens with one attached hydrogen (secondary N) is 1. The summed E-state index contributed by atoms with van der Waals surface area (Å²) in [6.45, 7) is -0.104. The minimum atomic E-state index is -3.79. The number of carboxylic acids is 1. The van der Waals surface area contributed by atoms with E-state index in [1.807, 2.05) is 0 Å². The molecule has 0 heterocycles. The Bertz CT molecular complexity index is 557. The second kappa shape index (κ2) is 6.69. The maximum Gasteiger partial charge on any atom is 0.304 e. The number of para-hydroxylation sites is 1. The van der Waals surface area contributed by atoms with Gasteiger partial charge in [0, 0.05) is 22.5 Å². The van der Waals surface area contributed by atoms with Gasteiger partial charge in [0.2, 0.25) is 0 Å². The third-order valence-corrected chi connectivity index (χ3v) is 5.03. The summed E-state index contributed by atoms with van der Waals surface area (Å²) >= 11 is 6.48. The lowest BCUT2D eigenvalue weighted by molar-refractivity contribution is -0.137. The van der Waals surface area contributed by atoms with Crippen LogP contribution < -0.4 is 4.72 Å². The average molecular weight is 416 g/mol. The van der Waals surface area contributed by atoms with Gasteiger partial charge in [-0.05, 0) is 44.0 Å². The summed E-state index contributed by atoms with van der Waals surface area (Å²) in [5.74, 6) is -1.05. The van der Waals surface area contributed by atoms with Crippen LogP contribution in [0.3, 0.4) is 0 Å². The first-order chi connectivity index (χ1) is 8.74. The standard InChI is InChI=1S/C10H12Br2N2O4S/c1-14(6-5-9(15)16)19(17,18)13-10-7(11)3-2-4-8(10)12/h2-4,13H,5-6H2,1H3,(H,15,16). The topological polar surface area (TPSA) is 86.7 Å². The number of hydrogen-bond acceptors (Lipinski definition) is 3. The van der Waals surface area contributed by atoms with Crippen molar-refractivity contribution in [2.75, 3.05) is 18.3 Å². The molecule has 0 aliphatic rings. The fourth-order valence-electron chi connectivity index (χ4n) is 1.18. The molecule has 6 nitrogen and oxygen atoms in total. The van der Waals surface area contributed by atoms with Crippen LogP contribution in [-0.4, -0.2) is 37.4 Å². The number of carbonyl (C=O) groups is 1. The molecule has 0 spiro atoms. The first-order valence-corrected chi connectivity index (χ1v) is 8.16. The molecule has 9 heteroatoms. The van der Waals surface area contributed by atoms with Crippen LogP contribution in [0.1, 0.15) is 6.42 Å². The first kappa shape index (κ1) is 16.4. The number of nitrogens with zero attached hydrogens (tertiary/aromatic N) is 1. The average Bonchev–Trinajstić information content (AvgIpc) is 2.31. The molecule has 106 valence electrons. The zero-order valence-corrected chi connectivity index (χ0v) is 13.9. The molecule has 0 aliphatic carbocycles. The van der Waals surface area contributed by atoms with Crippen LogP contribution >= 0.6 is 31.9 Å². The van der Waals surface area contributed by atoms with Gasteiger partial charge in [-0.3, -0.25) is 9.52 Å². The molecule has 0 saturated heterocycles. The summed E-state index contributed by atoms with van der Waals surface area (Å²) in [6, 6.07) is 5.14. The summed E-state index contributed by atoms with van der Waals surface area (Å²) in [5.41, 5.74) is 0.365. The molecule has 1 rings (SSSR count). The second-order valence-corrected chi connectivity index (χ2v) is 7.16. The Labute approximate surface area is 128 Å². The fourth-order valence-corrected chi connectivity index (χ4v) is 3.60. The van der Waals surface area contributed by atoms with Crippen molar-refractivity contribution in [2.45, 2.75) is 6.42 Å². The Hall–Kier alpha value is -0.640. The van der Waals surface area contributed by atoms with Gasteiger partial charge >= 0.3 is 16.2 Å². The van der Waals surface area contributed by atoms with Crippen LogP contribution in [0.5, 0.6) is 0 Å². The Kier molecular flexibility index (Phi) is 5.78. The lowest BCUT2D eigenvalue weighted by Crippen LogP contribution is -2.34. The van der Waals surface area contributed by atoms with E-state index in [-0.39, 0.29) is 13.0 Å². The van der Waals surface area contributed by atoms with Gasteiger partial charge in [-0.15, -0.1) is 0 Å². The molecule has 0 aliphatic heterocycles. The van der Waals surface area contributed by atoms with Crippen molar-refractivity contribution in [2.24, 2.45) is 0 Å². The van der Waals surface area contributed by atoms with Crippen LogP contribution in [0, 0.1) is 0 Å². The third-order valence-electron chi connectivity index (χ3n) is 2.24. The molecule has 0 bridgehead atoms. The van der Waals surface area contributed by atoms with Gasteiger partial charge < -0.3 is 5.11 Å². The van der Waals surface area contributed by atoms with Gasteiger partial charge in [0.1, 0.15) is 0 Å². The van der Waals surface area contributed by atoms with Crippen LogP contribution in [0.15, 0.2) is 27.1 Å². The van der Waals surface area contributed by atoms with Crippen LogP contribution in [0.2, 0.25) is 0 Å². The maximum absolute atomic E-state index is 12.0. The lowest BCUT2D eigenvalue weighted by atomic mass is 10.3. The van der Waals surface area contributed by atoms with Gasteiger partial charge in [0.25, 0.3) is 0 Å². The highest BCUT2D eigenvalue weighted by Gasteiger charge is 2.20. The second-order valence-electron chi connectivity index (χ2n) is 3.67. The number of benzene rings is 1. The van der Waals surface area contributed by atoms with Crippen molar-refractivity contribution in [3.8, 4) is 0 Å². The van der Waals surface area contributed by atoms with E-state index in [1.165, 1.54) is 7.05 Å². The van der Waals surface area contributed by atoms with E-state index in [4.69, 9.17) is 5.11 Å². The van der Waals surface area contributed by atoms with Crippen molar-refractivity contribution < 1.29 is 18.3 Å². The highest BCUT2D eigenvalue weighted by atomic mass is 79.9. The molecule has 0 amide bonds. The molecule has 0 radical (unpaired) electrons. The maximum atomic E-state index is 12.0. The van der Waals surface area contributed by atoms with E-state index >= 15 is 0 Å². The zero-order valence-electron chi connectivity index (χ0n) is 9.93. The minimum Gasteiger partial charge on any atom is -0.481 e. The molecule has 0 unspecified atom stereocenters. The van der Waals surface area contributed by atoms with Crippen LogP contribution in [-0.2, 0) is 15.0 Å². The molecule has 1 aromatic rings. The molecule has 19 heavy (non-hydrogen) atoms. The minimum absolute atomic E-state index is 0.104. The Balaban J connectivity index is 2.88. The number of rotatable bonds is 6.